The second-order valence-electron chi connectivity index (χ2n) is 4.12. The van der Waals surface area contributed by atoms with Gasteiger partial charge in [0.2, 0.25) is 5.91 Å². The van der Waals surface area contributed by atoms with Gasteiger partial charge in [0.1, 0.15) is 0 Å². The number of hydrogen-bond acceptors (Lipinski definition) is 3. The highest BCUT2D eigenvalue weighted by Crippen LogP contribution is 2.32. The van der Waals surface area contributed by atoms with E-state index in [9.17, 15) is 4.79 Å². The van der Waals surface area contributed by atoms with Crippen LogP contribution in [-0.2, 0) is 4.79 Å². The van der Waals surface area contributed by atoms with Gasteiger partial charge >= 0.3 is 0 Å². The van der Waals surface area contributed by atoms with E-state index < -0.39 is 0 Å². The molecule has 0 fully saturated rings. The van der Waals surface area contributed by atoms with Crippen molar-refractivity contribution in [3.63, 3.8) is 0 Å². The Bertz CT molecular complexity index is 659. The molecule has 0 aliphatic carbocycles. The highest BCUT2D eigenvalue weighted by atomic mass is 35.5. The average Bonchev–Trinajstić information content (AvgIpc) is 2.42. The van der Waals surface area contributed by atoms with Gasteiger partial charge in [0.15, 0.2) is 0 Å². The summed E-state index contributed by atoms with van der Waals surface area (Å²) < 4.78 is 0. The lowest BCUT2D eigenvalue weighted by Gasteiger charge is -2.08. The second-order valence-corrected chi connectivity index (χ2v) is 6.33. The van der Waals surface area contributed by atoms with Gasteiger partial charge in [-0.15, -0.1) is 11.8 Å². The summed E-state index contributed by atoms with van der Waals surface area (Å²) in [5.41, 5.74) is 6.96. The molecule has 0 saturated carbocycles. The van der Waals surface area contributed by atoms with Crippen LogP contribution in [0.5, 0.6) is 0 Å². The zero-order valence-corrected chi connectivity index (χ0v) is 13.8. The first-order valence-electron chi connectivity index (χ1n) is 5.89. The van der Waals surface area contributed by atoms with E-state index >= 15 is 0 Å². The van der Waals surface area contributed by atoms with Crippen LogP contribution in [0.2, 0.25) is 15.1 Å². The first-order chi connectivity index (χ1) is 9.97. The van der Waals surface area contributed by atoms with Gasteiger partial charge in [0, 0.05) is 16.3 Å². The van der Waals surface area contributed by atoms with Crippen LogP contribution in [0.25, 0.3) is 0 Å². The van der Waals surface area contributed by atoms with Crippen LogP contribution in [0, 0.1) is 0 Å². The van der Waals surface area contributed by atoms with E-state index in [2.05, 4.69) is 5.32 Å². The number of halogens is 3. The highest BCUT2D eigenvalue weighted by Gasteiger charge is 2.09. The summed E-state index contributed by atoms with van der Waals surface area (Å²) in [6, 6.07) is 10.1. The third-order valence-electron chi connectivity index (χ3n) is 2.55. The van der Waals surface area contributed by atoms with Crippen molar-refractivity contribution >= 4 is 63.8 Å². The fraction of sp³-hybridized carbons (Fsp3) is 0.0714. The normalized spacial score (nSPS) is 10.4. The van der Waals surface area contributed by atoms with Crippen molar-refractivity contribution in [2.75, 3.05) is 16.8 Å². The lowest BCUT2D eigenvalue weighted by atomic mass is 10.3. The topological polar surface area (TPSA) is 55.1 Å². The molecule has 1 amide bonds. The Hall–Kier alpha value is -1.07. The fourth-order valence-corrected chi connectivity index (χ4v) is 3.02. The molecule has 0 spiro atoms. The van der Waals surface area contributed by atoms with E-state index in [4.69, 9.17) is 40.5 Å². The molecule has 21 heavy (non-hydrogen) atoms. The Morgan fingerprint density at radius 3 is 2.52 bits per heavy atom. The summed E-state index contributed by atoms with van der Waals surface area (Å²) in [7, 11) is 0. The molecule has 0 unspecified atom stereocenters. The number of rotatable bonds is 4. The van der Waals surface area contributed by atoms with E-state index in [0.29, 0.717) is 31.3 Å². The summed E-state index contributed by atoms with van der Waals surface area (Å²) in [5.74, 6) is 0.00599. The van der Waals surface area contributed by atoms with E-state index in [0.717, 1.165) is 0 Å². The SMILES string of the molecule is Nc1cccc(Cl)c1SCC(=O)Nc1ccc(Cl)c(Cl)c1. The second kappa shape index (κ2) is 7.27. The Kier molecular flexibility index (Phi) is 5.65. The number of benzene rings is 2. The van der Waals surface area contributed by atoms with Crippen LogP contribution in [0.4, 0.5) is 11.4 Å². The Labute approximate surface area is 141 Å². The third kappa shape index (κ3) is 4.45. The molecular formula is C14H11Cl3N2OS. The molecular weight excluding hydrogens is 351 g/mol. The number of carbonyl (C=O) groups is 1. The molecule has 0 heterocycles. The zero-order chi connectivity index (χ0) is 15.4. The molecule has 0 saturated heterocycles. The predicted octanol–water partition coefficient (Wildman–Crippen LogP) is 4.96. The first-order valence-corrected chi connectivity index (χ1v) is 8.01. The molecule has 7 heteroatoms. The summed E-state index contributed by atoms with van der Waals surface area (Å²) in [6.07, 6.45) is 0. The number of anilines is 2. The number of nitrogen functional groups attached to an aromatic ring is 1. The lowest BCUT2D eigenvalue weighted by Crippen LogP contribution is -2.14. The van der Waals surface area contributed by atoms with E-state index in [-0.39, 0.29) is 11.7 Å². The molecule has 0 radical (unpaired) electrons. The van der Waals surface area contributed by atoms with Crippen molar-refractivity contribution in [1.82, 2.24) is 0 Å². The Morgan fingerprint density at radius 1 is 1.10 bits per heavy atom. The van der Waals surface area contributed by atoms with Gasteiger partial charge in [-0.2, -0.15) is 0 Å². The molecule has 2 aromatic rings. The van der Waals surface area contributed by atoms with Crippen molar-refractivity contribution in [2.24, 2.45) is 0 Å². The minimum atomic E-state index is -0.183. The maximum absolute atomic E-state index is 11.9. The number of carbonyl (C=O) groups excluding carboxylic acids is 1. The predicted molar refractivity (Wildman–Crippen MR) is 91.7 cm³/mol. The minimum absolute atomic E-state index is 0.183. The molecule has 2 rings (SSSR count). The van der Waals surface area contributed by atoms with Crippen LogP contribution in [-0.4, -0.2) is 11.7 Å². The van der Waals surface area contributed by atoms with Gasteiger partial charge in [-0.05, 0) is 30.3 Å². The number of nitrogens with two attached hydrogens (primary N) is 1. The minimum Gasteiger partial charge on any atom is -0.398 e. The zero-order valence-electron chi connectivity index (χ0n) is 10.7. The van der Waals surface area contributed by atoms with Crippen LogP contribution < -0.4 is 11.1 Å². The molecule has 110 valence electrons. The van der Waals surface area contributed by atoms with Crippen molar-refractivity contribution in [3.05, 3.63) is 51.5 Å². The Morgan fingerprint density at radius 2 is 1.86 bits per heavy atom. The standard InChI is InChI=1S/C14H11Cl3N2OS/c15-9-5-4-8(6-11(9)17)19-13(20)7-21-14-10(16)2-1-3-12(14)18/h1-6H,7,18H2,(H,19,20). The fourth-order valence-electron chi connectivity index (χ4n) is 1.59. The van der Waals surface area contributed by atoms with E-state index in [1.807, 2.05) is 0 Å². The van der Waals surface area contributed by atoms with Crippen LogP contribution in [0.1, 0.15) is 0 Å². The quantitative estimate of drug-likeness (QED) is 0.598. The smallest absolute Gasteiger partial charge is 0.234 e. The molecule has 3 N–H and O–H groups in total. The molecule has 0 atom stereocenters. The van der Waals surface area contributed by atoms with Gasteiger partial charge in [-0.3, -0.25) is 4.79 Å². The van der Waals surface area contributed by atoms with Crippen molar-refractivity contribution in [2.45, 2.75) is 4.90 Å². The van der Waals surface area contributed by atoms with Crippen LogP contribution in [0.3, 0.4) is 0 Å². The van der Waals surface area contributed by atoms with Crippen molar-refractivity contribution in [1.29, 1.82) is 0 Å². The lowest BCUT2D eigenvalue weighted by molar-refractivity contribution is -0.113. The summed E-state index contributed by atoms with van der Waals surface area (Å²) >= 11 is 19.0. The molecule has 0 aliphatic rings. The van der Waals surface area contributed by atoms with Crippen molar-refractivity contribution in [3.8, 4) is 0 Å². The molecule has 2 aromatic carbocycles. The molecule has 0 bridgehead atoms. The van der Waals surface area contributed by atoms with Gasteiger partial charge in [0.25, 0.3) is 0 Å². The number of nitrogens with one attached hydrogen (secondary N) is 1. The maximum atomic E-state index is 11.9. The van der Waals surface area contributed by atoms with E-state index in [1.165, 1.54) is 11.8 Å². The van der Waals surface area contributed by atoms with Crippen LogP contribution >= 0.6 is 46.6 Å². The molecule has 0 aliphatic heterocycles. The average molecular weight is 362 g/mol. The van der Waals surface area contributed by atoms with Gasteiger partial charge in [0.05, 0.1) is 20.8 Å². The summed E-state index contributed by atoms with van der Waals surface area (Å²) in [5, 5.41) is 4.09. The number of hydrogen-bond donors (Lipinski definition) is 2. The number of amides is 1. The van der Waals surface area contributed by atoms with Crippen molar-refractivity contribution < 1.29 is 4.79 Å². The number of thioether (sulfide) groups is 1. The van der Waals surface area contributed by atoms with E-state index in [1.54, 1.807) is 36.4 Å². The summed E-state index contributed by atoms with van der Waals surface area (Å²) in [6.45, 7) is 0. The monoisotopic (exact) mass is 360 g/mol. The molecule has 0 aromatic heterocycles. The maximum Gasteiger partial charge on any atom is 0.234 e. The Balaban J connectivity index is 1.97. The largest absolute Gasteiger partial charge is 0.398 e. The van der Waals surface area contributed by atoms with Crippen LogP contribution in [0.15, 0.2) is 41.3 Å². The highest BCUT2D eigenvalue weighted by molar-refractivity contribution is 8.00. The first kappa shape index (κ1) is 16.3. The summed E-state index contributed by atoms with van der Waals surface area (Å²) in [4.78, 5) is 12.6. The van der Waals surface area contributed by atoms with Gasteiger partial charge < -0.3 is 11.1 Å². The molecule has 3 nitrogen and oxygen atoms in total. The third-order valence-corrected chi connectivity index (χ3v) is 4.87. The van der Waals surface area contributed by atoms with Gasteiger partial charge in [-0.25, -0.2) is 0 Å². The van der Waals surface area contributed by atoms with Gasteiger partial charge in [-0.1, -0.05) is 40.9 Å².